The van der Waals surface area contributed by atoms with Crippen LogP contribution in [0.4, 0.5) is 0 Å². The molecule has 1 aliphatic heterocycles. The van der Waals surface area contributed by atoms with Crippen molar-refractivity contribution in [2.24, 2.45) is 5.92 Å². The van der Waals surface area contributed by atoms with Gasteiger partial charge in [-0.05, 0) is 61.7 Å². The van der Waals surface area contributed by atoms with Gasteiger partial charge in [-0.25, -0.2) is 4.98 Å². The largest absolute Gasteiger partial charge is 0.299 e. The van der Waals surface area contributed by atoms with E-state index in [1.165, 1.54) is 10.9 Å². The number of benzene rings is 2. The molecule has 1 aliphatic rings. The first-order valence-corrected chi connectivity index (χ1v) is 10.3. The fourth-order valence-corrected chi connectivity index (χ4v) is 4.38. The van der Waals surface area contributed by atoms with E-state index in [9.17, 15) is 4.79 Å². The Morgan fingerprint density at radius 2 is 1.55 bits per heavy atom. The highest BCUT2D eigenvalue weighted by Gasteiger charge is 2.21. The van der Waals surface area contributed by atoms with E-state index in [2.05, 4.69) is 39.1 Å². The number of likely N-dealkylation sites (tertiary alicyclic amines) is 1. The highest BCUT2D eigenvalue weighted by Crippen LogP contribution is 2.23. The summed E-state index contributed by atoms with van der Waals surface area (Å²) < 4.78 is 1.79. The van der Waals surface area contributed by atoms with E-state index in [1.54, 1.807) is 10.9 Å². The molecule has 5 nitrogen and oxygen atoms in total. The Hall–Kier alpha value is -3.05. The molecule has 0 bridgehead atoms. The fraction of sp³-hybridized carbons (Fsp3) is 0.292. The average Bonchev–Trinajstić information content (AvgIpc) is 2.77. The summed E-state index contributed by atoms with van der Waals surface area (Å²) in [6.07, 6.45) is 5.81. The molecule has 29 heavy (non-hydrogen) atoms. The van der Waals surface area contributed by atoms with Crippen molar-refractivity contribution in [3.63, 3.8) is 0 Å². The van der Waals surface area contributed by atoms with Crippen molar-refractivity contribution in [2.45, 2.75) is 25.9 Å². The zero-order valence-corrected chi connectivity index (χ0v) is 16.4. The van der Waals surface area contributed by atoms with E-state index in [1.807, 2.05) is 36.5 Å². The number of nitrogens with zero attached hydrogens (tertiary/aromatic N) is 4. The molecule has 0 saturated carbocycles. The van der Waals surface area contributed by atoms with Gasteiger partial charge >= 0.3 is 0 Å². The van der Waals surface area contributed by atoms with Gasteiger partial charge in [0.2, 0.25) is 0 Å². The van der Waals surface area contributed by atoms with Crippen molar-refractivity contribution >= 4 is 21.8 Å². The van der Waals surface area contributed by atoms with E-state index >= 15 is 0 Å². The van der Waals surface area contributed by atoms with Crippen LogP contribution in [0.5, 0.6) is 0 Å². The lowest BCUT2D eigenvalue weighted by Gasteiger charge is -2.32. The average molecular weight is 384 g/mol. The molecule has 0 N–H and O–H groups in total. The van der Waals surface area contributed by atoms with Gasteiger partial charge < -0.3 is 0 Å². The highest BCUT2D eigenvalue weighted by molar-refractivity contribution is 5.81. The van der Waals surface area contributed by atoms with Crippen LogP contribution >= 0.6 is 0 Å². The molecule has 1 fully saturated rings. The van der Waals surface area contributed by atoms with Gasteiger partial charge in [0.15, 0.2) is 0 Å². The van der Waals surface area contributed by atoms with Crippen LogP contribution in [0.25, 0.3) is 21.8 Å². The lowest BCUT2D eigenvalue weighted by atomic mass is 9.96. The number of hydrogen-bond acceptors (Lipinski definition) is 4. The summed E-state index contributed by atoms with van der Waals surface area (Å²) in [6, 6.07) is 18.0. The minimum atomic E-state index is 0.0706. The second-order valence-electron chi connectivity index (χ2n) is 7.93. The van der Waals surface area contributed by atoms with Gasteiger partial charge in [-0.3, -0.25) is 19.2 Å². The molecule has 5 rings (SSSR count). The number of fused-ring (bicyclic) bond motifs is 2. The molecule has 2 aromatic carbocycles. The minimum absolute atomic E-state index is 0.0706. The van der Waals surface area contributed by atoms with E-state index in [-0.39, 0.29) is 5.56 Å². The Bertz CT molecular complexity index is 1200. The first-order valence-electron chi connectivity index (χ1n) is 10.3. The lowest BCUT2D eigenvalue weighted by molar-refractivity contribution is 0.167. The molecule has 1 saturated heterocycles. The summed E-state index contributed by atoms with van der Waals surface area (Å²) >= 11 is 0. The molecule has 3 heterocycles. The predicted molar refractivity (Wildman–Crippen MR) is 116 cm³/mol. The van der Waals surface area contributed by atoms with Crippen molar-refractivity contribution in [2.75, 3.05) is 13.1 Å². The van der Waals surface area contributed by atoms with Crippen LogP contribution in [-0.4, -0.2) is 32.5 Å². The summed E-state index contributed by atoms with van der Waals surface area (Å²) in [6.45, 7) is 3.81. The Morgan fingerprint density at radius 3 is 2.34 bits per heavy atom. The van der Waals surface area contributed by atoms with Gasteiger partial charge in [-0.2, -0.15) is 0 Å². The van der Waals surface area contributed by atoms with Crippen molar-refractivity contribution < 1.29 is 0 Å². The predicted octanol–water partition coefficient (Wildman–Crippen LogP) is 3.86. The van der Waals surface area contributed by atoms with Gasteiger partial charge in [0.05, 0.1) is 22.7 Å². The second kappa shape index (κ2) is 7.76. The van der Waals surface area contributed by atoms with Crippen molar-refractivity contribution in [1.82, 2.24) is 19.4 Å². The molecule has 5 heteroatoms. The van der Waals surface area contributed by atoms with E-state index in [0.29, 0.717) is 11.3 Å². The lowest BCUT2D eigenvalue weighted by Crippen LogP contribution is -2.36. The molecule has 0 unspecified atom stereocenters. The Labute approximate surface area is 169 Å². The SMILES string of the molecule is O=c1c2ccccc2ncn1CC1CCN(Cc2ccnc3ccccc23)CC1. The first kappa shape index (κ1) is 18.0. The molecule has 0 aliphatic carbocycles. The van der Waals surface area contributed by atoms with Gasteiger partial charge in [-0.1, -0.05) is 30.3 Å². The third kappa shape index (κ3) is 3.66. The van der Waals surface area contributed by atoms with Gasteiger partial charge in [0.1, 0.15) is 0 Å². The number of hydrogen-bond donors (Lipinski definition) is 0. The summed E-state index contributed by atoms with van der Waals surface area (Å²) in [5.41, 5.74) is 3.24. The summed E-state index contributed by atoms with van der Waals surface area (Å²) in [4.78, 5) is 24.2. The standard InChI is InChI=1S/C24H24N4O/c29-24-21-6-2-4-8-23(21)26-17-28(24)15-18-10-13-27(14-11-18)16-19-9-12-25-22-7-3-1-5-20(19)22/h1-9,12,17-18H,10-11,13-16H2. The number of pyridine rings is 1. The molecule has 0 spiro atoms. The quantitative estimate of drug-likeness (QED) is 0.536. The monoisotopic (exact) mass is 384 g/mol. The smallest absolute Gasteiger partial charge is 0.261 e. The van der Waals surface area contributed by atoms with Gasteiger partial charge in [0.25, 0.3) is 5.56 Å². The number of aromatic nitrogens is 3. The van der Waals surface area contributed by atoms with Crippen LogP contribution in [0.15, 0.2) is 71.9 Å². The third-order valence-corrected chi connectivity index (χ3v) is 6.03. The zero-order valence-electron chi connectivity index (χ0n) is 16.4. The maximum absolute atomic E-state index is 12.7. The van der Waals surface area contributed by atoms with E-state index < -0.39 is 0 Å². The molecule has 146 valence electrons. The number of piperidine rings is 1. The first-order chi connectivity index (χ1) is 14.3. The third-order valence-electron chi connectivity index (χ3n) is 6.03. The highest BCUT2D eigenvalue weighted by atomic mass is 16.1. The molecule has 0 radical (unpaired) electrons. The van der Waals surface area contributed by atoms with Crippen LogP contribution in [0.2, 0.25) is 0 Å². The van der Waals surface area contributed by atoms with Crippen LogP contribution in [0, 0.1) is 5.92 Å². The van der Waals surface area contributed by atoms with Crippen molar-refractivity contribution in [1.29, 1.82) is 0 Å². The van der Waals surface area contributed by atoms with Gasteiger partial charge in [0, 0.05) is 24.7 Å². The maximum Gasteiger partial charge on any atom is 0.261 e. The molecule has 0 amide bonds. The molecule has 4 aromatic rings. The van der Waals surface area contributed by atoms with Crippen molar-refractivity contribution in [3.05, 3.63) is 83.0 Å². The summed E-state index contributed by atoms with van der Waals surface area (Å²) in [5.74, 6) is 0.515. The maximum atomic E-state index is 12.7. The molecule has 2 aromatic heterocycles. The zero-order chi connectivity index (χ0) is 19.6. The van der Waals surface area contributed by atoms with Crippen LogP contribution in [0.1, 0.15) is 18.4 Å². The Morgan fingerprint density at radius 1 is 0.862 bits per heavy atom. The van der Waals surface area contributed by atoms with Gasteiger partial charge in [-0.15, -0.1) is 0 Å². The molecular formula is C24H24N4O. The Kier molecular flexibility index (Phi) is 4.82. The van der Waals surface area contributed by atoms with E-state index in [0.717, 1.165) is 50.1 Å². The molecule has 0 atom stereocenters. The second-order valence-corrected chi connectivity index (χ2v) is 7.93. The summed E-state index contributed by atoms with van der Waals surface area (Å²) in [7, 11) is 0. The van der Waals surface area contributed by atoms with Crippen LogP contribution < -0.4 is 5.56 Å². The van der Waals surface area contributed by atoms with Crippen LogP contribution in [-0.2, 0) is 13.1 Å². The van der Waals surface area contributed by atoms with Crippen molar-refractivity contribution in [3.8, 4) is 0 Å². The Balaban J connectivity index is 1.25. The molecular weight excluding hydrogens is 360 g/mol. The van der Waals surface area contributed by atoms with Crippen LogP contribution in [0.3, 0.4) is 0 Å². The number of para-hydroxylation sites is 2. The summed E-state index contributed by atoms with van der Waals surface area (Å²) in [5, 5.41) is 1.95. The minimum Gasteiger partial charge on any atom is -0.299 e. The fourth-order valence-electron chi connectivity index (χ4n) is 4.38. The normalized spacial score (nSPS) is 15.9. The van der Waals surface area contributed by atoms with E-state index in [4.69, 9.17) is 0 Å². The topological polar surface area (TPSA) is 51.0 Å². The number of rotatable bonds is 4.